The van der Waals surface area contributed by atoms with Crippen LogP contribution in [-0.4, -0.2) is 81.5 Å². The molecule has 0 saturated carbocycles. The van der Waals surface area contributed by atoms with Gasteiger partial charge in [0.05, 0.1) is 12.5 Å². The molecule has 2 rings (SSSR count). The van der Waals surface area contributed by atoms with Crippen molar-refractivity contribution in [2.45, 2.75) is 70.1 Å². The minimum absolute atomic E-state index is 0.0195. The van der Waals surface area contributed by atoms with Crippen molar-refractivity contribution >= 4 is 46.5 Å². The SMILES string of the molecule is CCC(C)C(NC(=O)C(CC(=O)O)NC(=O)C(Cc1c[nH]c2ccccc12)NC(=O)C(N)CCCN=C(N)N)C(=O)O. The van der Waals surface area contributed by atoms with Gasteiger partial charge in [-0.3, -0.25) is 24.2 Å². The van der Waals surface area contributed by atoms with Crippen molar-refractivity contribution in [3.05, 3.63) is 36.0 Å². The van der Waals surface area contributed by atoms with Crippen molar-refractivity contribution in [2.24, 2.45) is 28.1 Å². The Labute approximate surface area is 242 Å². The predicted molar refractivity (Wildman–Crippen MR) is 155 cm³/mol. The summed E-state index contributed by atoms with van der Waals surface area (Å²) in [6.45, 7) is 3.62. The number of guanidine groups is 1. The van der Waals surface area contributed by atoms with E-state index >= 15 is 0 Å². The number of nitrogens with zero attached hydrogens (tertiary/aromatic N) is 1. The van der Waals surface area contributed by atoms with Crippen molar-refractivity contribution < 1.29 is 34.2 Å². The van der Waals surface area contributed by atoms with Crippen LogP contribution in [0.25, 0.3) is 10.9 Å². The Balaban J connectivity index is 2.28. The van der Waals surface area contributed by atoms with Crippen molar-refractivity contribution in [1.82, 2.24) is 20.9 Å². The maximum atomic E-state index is 13.5. The van der Waals surface area contributed by atoms with Crippen molar-refractivity contribution in [1.29, 1.82) is 0 Å². The number of hydrogen-bond acceptors (Lipinski definition) is 7. The number of nitrogens with two attached hydrogens (primary N) is 3. The molecule has 12 N–H and O–H groups in total. The van der Waals surface area contributed by atoms with Gasteiger partial charge in [0.1, 0.15) is 18.1 Å². The molecule has 15 heteroatoms. The van der Waals surface area contributed by atoms with E-state index in [1.54, 1.807) is 20.0 Å². The van der Waals surface area contributed by atoms with Gasteiger partial charge in [-0.25, -0.2) is 4.79 Å². The summed E-state index contributed by atoms with van der Waals surface area (Å²) in [5.41, 5.74) is 18.1. The number of para-hydroxylation sites is 1. The van der Waals surface area contributed by atoms with Crippen LogP contribution in [0.2, 0.25) is 0 Å². The average Bonchev–Trinajstić information content (AvgIpc) is 3.34. The highest BCUT2D eigenvalue weighted by Crippen LogP contribution is 2.19. The molecule has 2 aromatic rings. The number of aliphatic carboxylic acids is 2. The number of H-pyrrole nitrogens is 1. The normalized spacial score (nSPS) is 14.5. The summed E-state index contributed by atoms with van der Waals surface area (Å²) < 4.78 is 0. The number of benzene rings is 1. The Morgan fingerprint density at radius 3 is 2.24 bits per heavy atom. The number of nitrogens with one attached hydrogen (secondary N) is 4. The number of aromatic nitrogens is 1. The number of fused-ring (bicyclic) bond motifs is 1. The van der Waals surface area contributed by atoms with E-state index in [0.29, 0.717) is 18.4 Å². The number of carbonyl (C=O) groups excluding carboxylic acids is 3. The molecule has 1 heterocycles. The second-order valence-corrected chi connectivity index (χ2v) is 10.0. The summed E-state index contributed by atoms with van der Waals surface area (Å²) in [4.78, 5) is 69.6. The van der Waals surface area contributed by atoms with Crippen LogP contribution >= 0.6 is 0 Å². The van der Waals surface area contributed by atoms with Gasteiger partial charge in [0, 0.05) is 30.1 Å². The average molecular weight is 589 g/mol. The lowest BCUT2D eigenvalue weighted by molar-refractivity contribution is -0.144. The Morgan fingerprint density at radius 1 is 0.976 bits per heavy atom. The summed E-state index contributed by atoms with van der Waals surface area (Å²) in [5, 5.41) is 27.1. The lowest BCUT2D eigenvalue weighted by atomic mass is 9.98. The van der Waals surface area contributed by atoms with E-state index in [1.807, 2.05) is 24.3 Å². The number of hydrogen-bond donors (Lipinski definition) is 9. The Hall–Kier alpha value is -4.66. The monoisotopic (exact) mass is 588 g/mol. The number of carbonyl (C=O) groups is 5. The lowest BCUT2D eigenvalue weighted by Gasteiger charge is -2.26. The molecule has 0 spiro atoms. The van der Waals surface area contributed by atoms with Gasteiger partial charge in [0.15, 0.2) is 5.96 Å². The number of aromatic amines is 1. The fraction of sp³-hybridized carbons (Fsp3) is 0.481. The molecule has 1 aromatic carbocycles. The van der Waals surface area contributed by atoms with Gasteiger partial charge >= 0.3 is 11.9 Å². The zero-order valence-corrected chi connectivity index (χ0v) is 23.6. The summed E-state index contributed by atoms with van der Waals surface area (Å²) >= 11 is 0. The minimum Gasteiger partial charge on any atom is -0.481 e. The van der Waals surface area contributed by atoms with Gasteiger partial charge in [0.25, 0.3) is 0 Å². The highest BCUT2D eigenvalue weighted by atomic mass is 16.4. The lowest BCUT2D eigenvalue weighted by Crippen LogP contribution is -2.58. The number of aliphatic imine (C=N–C) groups is 1. The topological polar surface area (TPSA) is 268 Å². The van der Waals surface area contributed by atoms with Gasteiger partial charge in [-0.1, -0.05) is 38.5 Å². The van der Waals surface area contributed by atoms with Crippen LogP contribution < -0.4 is 33.2 Å². The maximum absolute atomic E-state index is 13.5. The number of carboxylic acids is 2. The minimum atomic E-state index is -1.61. The van der Waals surface area contributed by atoms with Crippen molar-refractivity contribution in [3.63, 3.8) is 0 Å². The highest BCUT2D eigenvalue weighted by Gasteiger charge is 2.33. The summed E-state index contributed by atoms with van der Waals surface area (Å²) in [6, 6.07) is 2.12. The standard InChI is InChI=1S/C27H40N8O7/c1-3-14(2)22(26(41)42)35-25(40)20(12-21(36)37)34-24(39)19(11-15-13-32-18-9-5-4-7-16(15)18)33-23(38)17(28)8-6-10-31-27(29)30/h4-5,7,9,13-14,17,19-20,22,32H,3,6,8,10-12,28H2,1-2H3,(H,33,38)(H,34,39)(H,35,40)(H,36,37)(H,41,42)(H4,29,30,31). The molecule has 0 aliphatic carbocycles. The Morgan fingerprint density at radius 2 is 1.62 bits per heavy atom. The third-order valence-electron chi connectivity index (χ3n) is 6.82. The van der Waals surface area contributed by atoms with E-state index in [9.17, 15) is 34.2 Å². The molecule has 0 aliphatic heterocycles. The van der Waals surface area contributed by atoms with Crippen LogP contribution in [-0.2, 0) is 30.4 Å². The summed E-state index contributed by atoms with van der Waals surface area (Å²) in [6.07, 6.45) is 1.88. The predicted octanol–water partition coefficient (Wildman–Crippen LogP) is -0.849. The van der Waals surface area contributed by atoms with E-state index in [2.05, 4.69) is 25.9 Å². The van der Waals surface area contributed by atoms with Gasteiger partial charge in [0.2, 0.25) is 17.7 Å². The van der Waals surface area contributed by atoms with Crippen LogP contribution in [0.5, 0.6) is 0 Å². The molecule has 1 aromatic heterocycles. The molecule has 15 nitrogen and oxygen atoms in total. The van der Waals surface area contributed by atoms with Gasteiger partial charge in [-0.05, 0) is 30.4 Å². The molecule has 230 valence electrons. The first kappa shape index (κ1) is 33.5. The maximum Gasteiger partial charge on any atom is 0.326 e. The second kappa shape index (κ2) is 16.0. The number of rotatable bonds is 17. The molecule has 3 amide bonds. The Bertz CT molecular complexity index is 1290. The molecule has 42 heavy (non-hydrogen) atoms. The molecular weight excluding hydrogens is 548 g/mol. The van der Waals surface area contributed by atoms with Crippen LogP contribution in [0, 0.1) is 5.92 Å². The van der Waals surface area contributed by atoms with Gasteiger partial charge in [-0.15, -0.1) is 0 Å². The molecule has 5 atom stereocenters. The molecule has 0 radical (unpaired) electrons. The van der Waals surface area contributed by atoms with Crippen molar-refractivity contribution in [3.8, 4) is 0 Å². The Kier molecular flexibility index (Phi) is 12.7. The largest absolute Gasteiger partial charge is 0.481 e. The molecule has 0 bridgehead atoms. The van der Waals surface area contributed by atoms with Crippen LogP contribution in [0.4, 0.5) is 0 Å². The molecule has 0 saturated heterocycles. The number of carboxylic acid groups (broad SMARTS) is 2. The highest BCUT2D eigenvalue weighted by molar-refractivity contribution is 5.96. The summed E-state index contributed by atoms with van der Waals surface area (Å²) in [5.74, 6) is -5.73. The van der Waals surface area contributed by atoms with Crippen LogP contribution in [0.3, 0.4) is 0 Å². The van der Waals surface area contributed by atoms with E-state index in [4.69, 9.17) is 17.2 Å². The van der Waals surface area contributed by atoms with Gasteiger partial charge in [-0.2, -0.15) is 0 Å². The first-order chi connectivity index (χ1) is 19.8. The van der Waals surface area contributed by atoms with E-state index in [-0.39, 0.29) is 25.3 Å². The van der Waals surface area contributed by atoms with E-state index in [1.165, 1.54) is 0 Å². The quantitative estimate of drug-likeness (QED) is 0.0627. The van der Waals surface area contributed by atoms with Gasteiger partial charge < -0.3 is 48.3 Å². The third-order valence-corrected chi connectivity index (χ3v) is 6.82. The van der Waals surface area contributed by atoms with Crippen LogP contribution in [0.1, 0.15) is 45.1 Å². The van der Waals surface area contributed by atoms with E-state index < -0.39 is 66.2 Å². The first-order valence-electron chi connectivity index (χ1n) is 13.6. The smallest absolute Gasteiger partial charge is 0.326 e. The zero-order chi connectivity index (χ0) is 31.4. The van der Waals surface area contributed by atoms with Crippen LogP contribution in [0.15, 0.2) is 35.5 Å². The molecule has 0 aliphatic rings. The molecule has 0 fully saturated rings. The number of amides is 3. The van der Waals surface area contributed by atoms with E-state index in [0.717, 1.165) is 10.9 Å². The fourth-order valence-corrected chi connectivity index (χ4v) is 4.25. The second-order valence-electron chi connectivity index (χ2n) is 10.0. The first-order valence-corrected chi connectivity index (χ1v) is 13.6. The molecule has 5 unspecified atom stereocenters. The zero-order valence-electron chi connectivity index (χ0n) is 23.6. The summed E-state index contributed by atoms with van der Waals surface area (Å²) in [7, 11) is 0. The third kappa shape index (κ3) is 10.1. The molecular formula is C27H40N8O7. The van der Waals surface area contributed by atoms with Crippen molar-refractivity contribution in [2.75, 3.05) is 6.54 Å². The fourth-order valence-electron chi connectivity index (χ4n) is 4.25.